The maximum absolute atomic E-state index is 12.5. The van der Waals surface area contributed by atoms with Crippen LogP contribution >= 0.6 is 0 Å². The zero-order valence-corrected chi connectivity index (χ0v) is 18.6. The Labute approximate surface area is 188 Å². The molecule has 0 aliphatic rings. The number of methoxy groups -OCH3 is 4. The molecule has 1 N–H and O–H groups in total. The zero-order valence-electron chi connectivity index (χ0n) is 18.6. The van der Waals surface area contributed by atoms with E-state index in [1.807, 2.05) is 0 Å². The molecule has 10 heteroatoms. The van der Waals surface area contributed by atoms with E-state index in [4.69, 9.17) is 28.1 Å². The van der Waals surface area contributed by atoms with Crippen LogP contribution in [-0.4, -0.2) is 46.9 Å². The Kier molecular flexibility index (Phi) is 7.39. The third-order valence-electron chi connectivity index (χ3n) is 4.75. The van der Waals surface area contributed by atoms with Crippen molar-refractivity contribution in [1.82, 2.24) is 5.32 Å². The molecule has 0 aliphatic carbocycles. The second kappa shape index (κ2) is 10.4. The van der Waals surface area contributed by atoms with Gasteiger partial charge in [-0.15, -0.1) is 0 Å². The highest BCUT2D eigenvalue weighted by molar-refractivity contribution is 5.97. The molecular formula is C23H23NO9. The summed E-state index contributed by atoms with van der Waals surface area (Å²) in [6.45, 7) is -0.560. The van der Waals surface area contributed by atoms with Crippen molar-refractivity contribution in [3.8, 4) is 23.0 Å². The van der Waals surface area contributed by atoms with Crippen LogP contribution in [0.5, 0.6) is 23.0 Å². The average molecular weight is 457 g/mol. The van der Waals surface area contributed by atoms with Gasteiger partial charge in [-0.3, -0.25) is 9.59 Å². The Morgan fingerprint density at radius 1 is 0.909 bits per heavy atom. The number of benzene rings is 2. The van der Waals surface area contributed by atoms with Gasteiger partial charge in [-0.05, 0) is 24.3 Å². The minimum absolute atomic E-state index is 0.173. The number of hydrogen-bond donors (Lipinski definition) is 1. The molecule has 3 rings (SSSR count). The van der Waals surface area contributed by atoms with Crippen molar-refractivity contribution < 1.29 is 37.7 Å². The summed E-state index contributed by atoms with van der Waals surface area (Å²) in [4.78, 5) is 36.5. The predicted octanol–water partition coefficient (Wildman–Crippen LogP) is 2.30. The molecule has 0 unspecified atom stereocenters. The quantitative estimate of drug-likeness (QED) is 0.381. The predicted molar refractivity (Wildman–Crippen MR) is 117 cm³/mol. The van der Waals surface area contributed by atoms with Gasteiger partial charge in [0.15, 0.2) is 11.5 Å². The first kappa shape index (κ1) is 23.5. The van der Waals surface area contributed by atoms with Gasteiger partial charge < -0.3 is 33.4 Å². The highest BCUT2D eigenvalue weighted by Gasteiger charge is 2.18. The largest absolute Gasteiger partial charge is 0.497 e. The van der Waals surface area contributed by atoms with Crippen LogP contribution in [0.2, 0.25) is 0 Å². The second-order valence-corrected chi connectivity index (χ2v) is 6.71. The molecule has 174 valence electrons. The smallest absolute Gasteiger partial charge is 0.336 e. The molecule has 1 aromatic heterocycles. The molecule has 1 amide bonds. The molecule has 33 heavy (non-hydrogen) atoms. The lowest BCUT2D eigenvalue weighted by Crippen LogP contribution is -2.30. The van der Waals surface area contributed by atoms with E-state index in [9.17, 15) is 14.4 Å². The van der Waals surface area contributed by atoms with Crippen molar-refractivity contribution in [1.29, 1.82) is 0 Å². The van der Waals surface area contributed by atoms with E-state index in [1.165, 1.54) is 46.6 Å². The monoisotopic (exact) mass is 457 g/mol. The van der Waals surface area contributed by atoms with Gasteiger partial charge in [-0.2, -0.15) is 0 Å². The summed E-state index contributed by atoms with van der Waals surface area (Å²) in [5, 5.41) is 3.08. The molecular weight excluding hydrogens is 434 g/mol. The number of ether oxygens (including phenoxy) is 5. The highest BCUT2D eigenvalue weighted by atomic mass is 16.5. The number of carbonyl (C=O) groups excluding carboxylic acids is 2. The van der Waals surface area contributed by atoms with E-state index in [1.54, 1.807) is 18.2 Å². The topological polar surface area (TPSA) is 123 Å². The summed E-state index contributed by atoms with van der Waals surface area (Å²) in [6, 6.07) is 9.14. The van der Waals surface area contributed by atoms with Crippen molar-refractivity contribution in [2.24, 2.45) is 0 Å². The van der Waals surface area contributed by atoms with Crippen LogP contribution in [0.3, 0.4) is 0 Å². The summed E-state index contributed by atoms with van der Waals surface area (Å²) in [7, 11) is 5.81. The van der Waals surface area contributed by atoms with Crippen molar-refractivity contribution >= 4 is 22.8 Å². The van der Waals surface area contributed by atoms with E-state index < -0.39 is 17.5 Å². The third-order valence-corrected chi connectivity index (χ3v) is 4.75. The summed E-state index contributed by atoms with van der Waals surface area (Å²) in [5.74, 6) is 0.240. The van der Waals surface area contributed by atoms with Crippen molar-refractivity contribution in [2.45, 2.75) is 6.61 Å². The van der Waals surface area contributed by atoms with Gasteiger partial charge in [-0.1, -0.05) is 0 Å². The Morgan fingerprint density at radius 3 is 2.21 bits per heavy atom. The van der Waals surface area contributed by atoms with Gasteiger partial charge in [0, 0.05) is 28.6 Å². The number of nitrogens with one attached hydrogen (secondary N) is 1. The Morgan fingerprint density at radius 2 is 1.61 bits per heavy atom. The number of rotatable bonds is 9. The summed E-state index contributed by atoms with van der Waals surface area (Å²) in [5.41, 5.74) is 0.396. The lowest BCUT2D eigenvalue weighted by atomic mass is 10.1. The molecule has 0 bridgehead atoms. The van der Waals surface area contributed by atoms with Gasteiger partial charge in [0.2, 0.25) is 5.75 Å². The van der Waals surface area contributed by atoms with E-state index in [0.29, 0.717) is 39.5 Å². The van der Waals surface area contributed by atoms with Crippen molar-refractivity contribution in [3.63, 3.8) is 0 Å². The van der Waals surface area contributed by atoms with Crippen LogP contribution in [0.4, 0.5) is 0 Å². The van der Waals surface area contributed by atoms with Crippen LogP contribution in [0.25, 0.3) is 11.0 Å². The number of hydrogen-bond acceptors (Lipinski definition) is 9. The normalized spacial score (nSPS) is 10.4. The van der Waals surface area contributed by atoms with E-state index in [-0.39, 0.29) is 18.7 Å². The second-order valence-electron chi connectivity index (χ2n) is 6.71. The molecule has 0 saturated carbocycles. The van der Waals surface area contributed by atoms with Gasteiger partial charge in [-0.25, -0.2) is 4.79 Å². The van der Waals surface area contributed by atoms with Gasteiger partial charge in [0.05, 0.1) is 28.4 Å². The minimum Gasteiger partial charge on any atom is -0.497 e. The van der Waals surface area contributed by atoms with Crippen LogP contribution in [-0.2, 0) is 16.1 Å². The fourth-order valence-corrected chi connectivity index (χ4v) is 3.13. The van der Waals surface area contributed by atoms with Crippen molar-refractivity contribution in [3.05, 3.63) is 57.9 Å². The maximum Gasteiger partial charge on any atom is 0.336 e. The first-order valence-corrected chi connectivity index (χ1v) is 9.74. The fraction of sp³-hybridized carbons (Fsp3) is 0.261. The molecule has 3 aromatic rings. The first-order chi connectivity index (χ1) is 15.9. The molecule has 0 spiro atoms. The molecule has 1 heterocycles. The molecule has 0 aliphatic heterocycles. The summed E-state index contributed by atoms with van der Waals surface area (Å²) < 4.78 is 31.2. The van der Waals surface area contributed by atoms with Crippen LogP contribution < -0.4 is 29.9 Å². The zero-order chi connectivity index (χ0) is 24.0. The SMILES string of the molecule is COc1ccc2c(COC(=O)CNC(=O)c3cc(OC)c(OC)c(OC)c3)cc(=O)oc2c1. The maximum atomic E-state index is 12.5. The molecule has 10 nitrogen and oxygen atoms in total. The Balaban J connectivity index is 1.66. The Hall–Kier alpha value is -4.21. The minimum atomic E-state index is -0.689. The van der Waals surface area contributed by atoms with Crippen LogP contribution in [0.15, 0.2) is 45.6 Å². The molecule has 2 aromatic carbocycles. The third kappa shape index (κ3) is 5.35. The lowest BCUT2D eigenvalue weighted by Gasteiger charge is -2.14. The number of fused-ring (bicyclic) bond motifs is 1. The molecule has 0 fully saturated rings. The van der Waals surface area contributed by atoms with Crippen molar-refractivity contribution in [2.75, 3.05) is 35.0 Å². The van der Waals surface area contributed by atoms with Crippen LogP contribution in [0, 0.1) is 0 Å². The van der Waals surface area contributed by atoms with E-state index >= 15 is 0 Å². The van der Waals surface area contributed by atoms with Crippen LogP contribution in [0.1, 0.15) is 15.9 Å². The lowest BCUT2D eigenvalue weighted by molar-refractivity contribution is -0.143. The summed E-state index contributed by atoms with van der Waals surface area (Å²) in [6.07, 6.45) is 0. The van der Waals surface area contributed by atoms with E-state index in [2.05, 4.69) is 5.32 Å². The van der Waals surface area contributed by atoms with Gasteiger partial charge >= 0.3 is 11.6 Å². The van der Waals surface area contributed by atoms with Gasteiger partial charge in [0.1, 0.15) is 24.5 Å². The first-order valence-electron chi connectivity index (χ1n) is 9.74. The molecule has 0 saturated heterocycles. The van der Waals surface area contributed by atoms with Gasteiger partial charge in [0.25, 0.3) is 5.91 Å². The fourth-order valence-electron chi connectivity index (χ4n) is 3.13. The standard InChI is InChI=1S/C23H23NO9/c1-28-15-5-6-16-14(9-20(25)33-17(16)10-15)12-32-21(26)11-24-23(27)13-7-18(29-2)22(31-4)19(8-13)30-3/h5-10H,11-12H2,1-4H3,(H,24,27). The van der Waals surface area contributed by atoms with E-state index in [0.717, 1.165) is 0 Å². The number of carbonyl (C=O) groups is 2. The molecule has 0 radical (unpaired) electrons. The highest BCUT2D eigenvalue weighted by Crippen LogP contribution is 2.38. The molecule has 0 atom stereocenters. The number of esters is 1. The number of amides is 1. The summed E-state index contributed by atoms with van der Waals surface area (Å²) >= 11 is 0. The average Bonchev–Trinajstić information content (AvgIpc) is 2.83. The Bertz CT molecular complexity index is 1210.